The van der Waals surface area contributed by atoms with E-state index in [1.807, 2.05) is 30.3 Å². The Bertz CT molecular complexity index is 1010. The smallest absolute Gasteiger partial charge is 0.251 e. The van der Waals surface area contributed by atoms with E-state index in [0.29, 0.717) is 28.6 Å². The molecule has 3 rings (SSSR count). The van der Waals surface area contributed by atoms with Gasteiger partial charge in [-0.25, -0.2) is 0 Å². The lowest BCUT2D eigenvalue weighted by atomic mass is 10.1. The van der Waals surface area contributed by atoms with Crippen molar-refractivity contribution in [3.8, 4) is 5.75 Å². The lowest BCUT2D eigenvalue weighted by molar-refractivity contribution is -0.114. The first-order valence-electron chi connectivity index (χ1n) is 9.34. The Kier molecular flexibility index (Phi) is 7.29. The Morgan fingerprint density at radius 3 is 2.30 bits per heavy atom. The Morgan fingerprint density at radius 2 is 1.63 bits per heavy atom. The number of carbonyl (C=O) groups is 2. The highest BCUT2D eigenvalue weighted by atomic mass is 35.5. The molecule has 0 spiro atoms. The van der Waals surface area contributed by atoms with Crippen molar-refractivity contribution in [2.45, 2.75) is 6.54 Å². The van der Waals surface area contributed by atoms with Crippen LogP contribution >= 0.6 is 11.6 Å². The predicted molar refractivity (Wildman–Crippen MR) is 119 cm³/mol. The molecule has 6 nitrogen and oxygen atoms in total. The Morgan fingerprint density at radius 1 is 0.933 bits per heavy atom. The van der Waals surface area contributed by atoms with Gasteiger partial charge in [-0.1, -0.05) is 41.9 Å². The van der Waals surface area contributed by atoms with Gasteiger partial charge in [-0.3, -0.25) is 9.59 Å². The number of hydrogen-bond donors (Lipinski definition) is 3. The number of methoxy groups -OCH3 is 1. The number of benzene rings is 3. The fourth-order valence-corrected chi connectivity index (χ4v) is 3.01. The maximum absolute atomic E-state index is 12.3. The molecule has 154 valence electrons. The molecule has 0 heterocycles. The monoisotopic (exact) mass is 423 g/mol. The third-order valence-corrected chi connectivity index (χ3v) is 4.63. The van der Waals surface area contributed by atoms with Gasteiger partial charge in [-0.15, -0.1) is 0 Å². The van der Waals surface area contributed by atoms with E-state index in [1.165, 1.54) is 7.11 Å². The second kappa shape index (κ2) is 10.3. The van der Waals surface area contributed by atoms with Crippen LogP contribution in [-0.2, 0) is 11.3 Å². The van der Waals surface area contributed by atoms with Gasteiger partial charge in [0.15, 0.2) is 0 Å². The molecule has 0 aliphatic rings. The Labute approximate surface area is 180 Å². The van der Waals surface area contributed by atoms with Crippen molar-refractivity contribution in [1.82, 2.24) is 5.32 Å². The highest BCUT2D eigenvalue weighted by Gasteiger charge is 2.08. The minimum atomic E-state index is -0.221. The summed E-state index contributed by atoms with van der Waals surface area (Å²) in [5.41, 5.74) is 2.90. The number of hydrogen-bond acceptors (Lipinski definition) is 4. The minimum Gasteiger partial charge on any atom is -0.495 e. The van der Waals surface area contributed by atoms with E-state index in [0.717, 1.165) is 11.3 Å². The molecule has 3 aromatic carbocycles. The molecule has 0 aliphatic heterocycles. The number of amides is 2. The average Bonchev–Trinajstić information content (AvgIpc) is 2.77. The van der Waals surface area contributed by atoms with Gasteiger partial charge < -0.3 is 20.7 Å². The number of ether oxygens (including phenoxy) is 1. The molecule has 0 aliphatic carbocycles. The molecule has 3 aromatic rings. The molecule has 0 saturated carbocycles. The molecule has 2 amide bonds. The highest BCUT2D eigenvalue weighted by Crippen LogP contribution is 2.27. The summed E-state index contributed by atoms with van der Waals surface area (Å²) in [5, 5.41) is 9.09. The van der Waals surface area contributed by atoms with Crippen LogP contribution in [0.25, 0.3) is 0 Å². The molecule has 0 atom stereocenters. The third kappa shape index (κ3) is 5.99. The first kappa shape index (κ1) is 21.2. The van der Waals surface area contributed by atoms with E-state index in [4.69, 9.17) is 16.3 Å². The zero-order chi connectivity index (χ0) is 21.3. The second-order valence-corrected chi connectivity index (χ2v) is 6.90. The predicted octanol–water partition coefficient (Wildman–Crippen LogP) is 4.33. The van der Waals surface area contributed by atoms with Gasteiger partial charge in [0.05, 0.1) is 18.7 Å². The number of halogens is 1. The third-order valence-electron chi connectivity index (χ3n) is 4.33. The van der Waals surface area contributed by atoms with E-state index in [9.17, 15) is 9.59 Å². The van der Waals surface area contributed by atoms with Crippen molar-refractivity contribution in [2.75, 3.05) is 24.3 Å². The lowest BCUT2D eigenvalue weighted by Gasteiger charge is -2.10. The van der Waals surface area contributed by atoms with E-state index in [-0.39, 0.29) is 18.4 Å². The van der Waals surface area contributed by atoms with Crippen molar-refractivity contribution in [1.29, 1.82) is 0 Å². The van der Waals surface area contributed by atoms with Crippen LogP contribution < -0.4 is 20.7 Å². The van der Waals surface area contributed by atoms with Crippen LogP contribution in [0.15, 0.2) is 72.8 Å². The van der Waals surface area contributed by atoms with Crippen molar-refractivity contribution in [2.24, 2.45) is 0 Å². The first-order valence-corrected chi connectivity index (χ1v) is 9.72. The summed E-state index contributed by atoms with van der Waals surface area (Å²) in [4.78, 5) is 24.4. The van der Waals surface area contributed by atoms with Gasteiger partial charge in [-0.05, 0) is 48.0 Å². The summed E-state index contributed by atoms with van der Waals surface area (Å²) in [7, 11) is 1.53. The SMILES string of the molecule is COc1ccc(NC(=O)CNc2ccc(C(=O)NCc3ccccc3)cc2)cc1Cl. The van der Waals surface area contributed by atoms with Crippen LogP contribution in [0.1, 0.15) is 15.9 Å². The zero-order valence-corrected chi connectivity index (χ0v) is 17.2. The Hall–Kier alpha value is -3.51. The van der Waals surface area contributed by atoms with Crippen molar-refractivity contribution < 1.29 is 14.3 Å². The molecular weight excluding hydrogens is 402 g/mol. The van der Waals surface area contributed by atoms with Crippen LogP contribution in [0.2, 0.25) is 5.02 Å². The summed E-state index contributed by atoms with van der Waals surface area (Å²) in [6, 6.07) is 21.7. The molecule has 0 aromatic heterocycles. The van der Waals surface area contributed by atoms with Crippen LogP contribution in [0.4, 0.5) is 11.4 Å². The molecule has 0 saturated heterocycles. The van der Waals surface area contributed by atoms with Gasteiger partial charge in [-0.2, -0.15) is 0 Å². The molecule has 3 N–H and O–H groups in total. The molecule has 0 fully saturated rings. The standard InChI is InChI=1S/C23H22ClN3O3/c1-30-21-12-11-19(13-20(21)24)27-22(28)15-25-18-9-7-17(8-10-18)23(29)26-14-16-5-3-2-4-6-16/h2-13,25H,14-15H2,1H3,(H,26,29)(H,27,28). The molecule has 0 radical (unpaired) electrons. The quantitative estimate of drug-likeness (QED) is 0.504. The van der Waals surface area contributed by atoms with Crippen LogP contribution in [-0.4, -0.2) is 25.5 Å². The molecule has 0 unspecified atom stereocenters. The first-order chi connectivity index (χ1) is 14.5. The maximum atomic E-state index is 12.3. The number of anilines is 2. The number of carbonyl (C=O) groups excluding carboxylic acids is 2. The van der Waals surface area contributed by atoms with Gasteiger partial charge in [0.2, 0.25) is 5.91 Å². The molecule has 0 bridgehead atoms. The Balaban J connectivity index is 1.47. The van der Waals surface area contributed by atoms with Crippen LogP contribution in [0, 0.1) is 0 Å². The normalized spacial score (nSPS) is 10.2. The molecule has 7 heteroatoms. The molecular formula is C23H22ClN3O3. The summed E-state index contributed by atoms with van der Waals surface area (Å²) < 4.78 is 5.09. The van der Waals surface area contributed by atoms with Crippen molar-refractivity contribution in [3.63, 3.8) is 0 Å². The van der Waals surface area contributed by atoms with Crippen molar-refractivity contribution >= 4 is 34.8 Å². The van der Waals surface area contributed by atoms with E-state index < -0.39 is 0 Å². The number of nitrogens with one attached hydrogen (secondary N) is 3. The van der Waals surface area contributed by atoms with E-state index in [1.54, 1.807) is 42.5 Å². The minimum absolute atomic E-state index is 0.0726. The zero-order valence-electron chi connectivity index (χ0n) is 16.4. The number of rotatable bonds is 8. The second-order valence-electron chi connectivity index (χ2n) is 6.50. The van der Waals surface area contributed by atoms with E-state index >= 15 is 0 Å². The van der Waals surface area contributed by atoms with E-state index in [2.05, 4.69) is 16.0 Å². The van der Waals surface area contributed by atoms with Gasteiger partial charge in [0.25, 0.3) is 5.91 Å². The lowest BCUT2D eigenvalue weighted by Crippen LogP contribution is -2.23. The summed E-state index contributed by atoms with van der Waals surface area (Å²) in [6.45, 7) is 0.540. The summed E-state index contributed by atoms with van der Waals surface area (Å²) >= 11 is 6.06. The largest absolute Gasteiger partial charge is 0.495 e. The fraction of sp³-hybridized carbons (Fsp3) is 0.130. The molecule has 30 heavy (non-hydrogen) atoms. The van der Waals surface area contributed by atoms with Crippen LogP contribution in [0.3, 0.4) is 0 Å². The van der Waals surface area contributed by atoms with Gasteiger partial charge in [0.1, 0.15) is 5.75 Å². The highest BCUT2D eigenvalue weighted by molar-refractivity contribution is 6.32. The average molecular weight is 424 g/mol. The summed E-state index contributed by atoms with van der Waals surface area (Å²) in [6.07, 6.45) is 0. The van der Waals surface area contributed by atoms with Crippen molar-refractivity contribution in [3.05, 3.63) is 88.9 Å². The van der Waals surface area contributed by atoms with Crippen LogP contribution in [0.5, 0.6) is 5.75 Å². The van der Waals surface area contributed by atoms with Gasteiger partial charge >= 0.3 is 0 Å². The topological polar surface area (TPSA) is 79.5 Å². The van der Waals surface area contributed by atoms with Gasteiger partial charge in [0, 0.05) is 23.5 Å². The fourth-order valence-electron chi connectivity index (χ4n) is 2.75. The maximum Gasteiger partial charge on any atom is 0.251 e. The summed E-state index contributed by atoms with van der Waals surface area (Å²) in [5.74, 6) is 0.168.